The third-order valence-corrected chi connectivity index (χ3v) is 3.93. The molecule has 0 aliphatic carbocycles. The highest BCUT2D eigenvalue weighted by Crippen LogP contribution is 2.13. The van der Waals surface area contributed by atoms with Gasteiger partial charge in [-0.05, 0) is 6.42 Å². The Morgan fingerprint density at radius 2 is 0.850 bits per heavy atom. The summed E-state index contributed by atoms with van der Waals surface area (Å²) in [5.74, 6) is 0. The molecule has 0 unspecified atom stereocenters. The van der Waals surface area contributed by atoms with Gasteiger partial charge in [-0.3, -0.25) is 0 Å². The van der Waals surface area contributed by atoms with E-state index in [0.717, 1.165) is 19.1 Å². The Morgan fingerprint density at radius 1 is 0.550 bits per heavy atom. The average molecular weight is 286 g/mol. The summed E-state index contributed by atoms with van der Waals surface area (Å²) in [6.45, 7) is 2.28. The molecular formula is C18H38O2. The smallest absolute Gasteiger partial charge is 0.119 e. The molecule has 20 heavy (non-hydrogen) atoms. The van der Waals surface area contributed by atoms with Gasteiger partial charge >= 0.3 is 0 Å². The van der Waals surface area contributed by atoms with Gasteiger partial charge in [-0.15, -0.1) is 0 Å². The first-order valence-corrected chi connectivity index (χ1v) is 8.85. The predicted octanol–water partition coefficient (Wildman–Crippen LogP) is 5.62. The highest BCUT2D eigenvalue weighted by molar-refractivity contribution is 5.48. The third-order valence-electron chi connectivity index (χ3n) is 3.93. The normalized spacial score (nSPS) is 10.2. The van der Waals surface area contributed by atoms with Gasteiger partial charge in [-0.1, -0.05) is 96.8 Å². The highest BCUT2D eigenvalue weighted by atomic mass is 16.1. The fourth-order valence-corrected chi connectivity index (χ4v) is 2.60. The van der Waals surface area contributed by atoms with Crippen LogP contribution >= 0.6 is 0 Å². The van der Waals surface area contributed by atoms with E-state index < -0.39 is 0 Å². The van der Waals surface area contributed by atoms with E-state index in [1.54, 1.807) is 0 Å². The van der Waals surface area contributed by atoms with Gasteiger partial charge in [-0.25, -0.2) is 0 Å². The van der Waals surface area contributed by atoms with Crippen molar-refractivity contribution in [1.29, 1.82) is 0 Å². The zero-order valence-electron chi connectivity index (χ0n) is 13.8. The summed E-state index contributed by atoms with van der Waals surface area (Å²) in [7, 11) is 0. The van der Waals surface area contributed by atoms with Crippen LogP contribution in [0.15, 0.2) is 0 Å². The van der Waals surface area contributed by atoms with Gasteiger partial charge in [0.1, 0.15) is 6.29 Å². The molecule has 0 spiro atoms. The molecule has 0 amide bonds. The second-order valence-corrected chi connectivity index (χ2v) is 5.91. The monoisotopic (exact) mass is 286 g/mol. The minimum atomic E-state index is 0. The van der Waals surface area contributed by atoms with Crippen LogP contribution in [0.2, 0.25) is 0 Å². The van der Waals surface area contributed by atoms with E-state index in [2.05, 4.69) is 6.92 Å². The molecule has 0 aromatic rings. The molecule has 2 nitrogen and oxygen atoms in total. The second kappa shape index (κ2) is 20.9. The Morgan fingerprint density at radius 3 is 1.15 bits per heavy atom. The number of carbonyl (C=O) groups is 1. The summed E-state index contributed by atoms with van der Waals surface area (Å²) < 4.78 is 0. The molecule has 2 N–H and O–H groups in total. The Balaban J connectivity index is 0. The van der Waals surface area contributed by atoms with Crippen molar-refractivity contribution in [2.24, 2.45) is 0 Å². The maximum absolute atomic E-state index is 10.1. The van der Waals surface area contributed by atoms with Crippen LogP contribution in [0.5, 0.6) is 0 Å². The number of hydrogen-bond acceptors (Lipinski definition) is 1. The molecule has 0 radical (unpaired) electrons. The molecule has 0 aliphatic heterocycles. The molecule has 0 bridgehead atoms. The standard InChI is InChI=1S/C18H36O.H2O/c1-2-3-4-5-6-7-8-9-10-11-12-13-14-15-16-17-18-19;/h18H,2-17H2,1H3;1H2. The Bertz CT molecular complexity index is 169. The minimum Gasteiger partial charge on any atom is -0.412 e. The van der Waals surface area contributed by atoms with Gasteiger partial charge in [0, 0.05) is 6.42 Å². The lowest BCUT2D eigenvalue weighted by Gasteiger charge is -2.02. The first-order valence-electron chi connectivity index (χ1n) is 8.85. The lowest BCUT2D eigenvalue weighted by molar-refractivity contribution is -0.107. The van der Waals surface area contributed by atoms with Gasteiger partial charge in [0.25, 0.3) is 0 Å². The molecule has 0 atom stereocenters. The number of carbonyl (C=O) groups excluding carboxylic acids is 1. The SMILES string of the molecule is CCCCCCCCCCCCCCCCCC=O.O. The molecule has 0 aromatic heterocycles. The molecule has 0 saturated heterocycles. The van der Waals surface area contributed by atoms with E-state index in [-0.39, 0.29) is 5.48 Å². The number of unbranched alkanes of at least 4 members (excludes halogenated alkanes) is 15. The summed E-state index contributed by atoms with van der Waals surface area (Å²) in [4.78, 5) is 10.1. The summed E-state index contributed by atoms with van der Waals surface area (Å²) in [5, 5.41) is 0. The van der Waals surface area contributed by atoms with Crippen LogP contribution < -0.4 is 0 Å². The van der Waals surface area contributed by atoms with Crippen molar-refractivity contribution in [3.8, 4) is 0 Å². The maximum Gasteiger partial charge on any atom is 0.119 e. The van der Waals surface area contributed by atoms with E-state index in [9.17, 15) is 4.79 Å². The van der Waals surface area contributed by atoms with E-state index in [4.69, 9.17) is 0 Å². The van der Waals surface area contributed by atoms with Gasteiger partial charge in [0.15, 0.2) is 0 Å². The van der Waals surface area contributed by atoms with E-state index >= 15 is 0 Å². The predicted molar refractivity (Wildman–Crippen MR) is 89.2 cm³/mol. The van der Waals surface area contributed by atoms with E-state index in [1.165, 1.54) is 89.9 Å². The molecule has 0 fully saturated rings. The van der Waals surface area contributed by atoms with Crippen LogP contribution in [0.1, 0.15) is 110 Å². The van der Waals surface area contributed by atoms with Gasteiger partial charge in [0.05, 0.1) is 0 Å². The van der Waals surface area contributed by atoms with Crippen LogP contribution in [-0.2, 0) is 4.79 Å². The molecule has 122 valence electrons. The molecule has 2 heteroatoms. The van der Waals surface area contributed by atoms with Crippen molar-refractivity contribution in [3.05, 3.63) is 0 Å². The Kier molecular flexibility index (Phi) is 22.9. The first kappa shape index (κ1) is 21.9. The quantitative estimate of drug-likeness (QED) is 0.268. The second-order valence-electron chi connectivity index (χ2n) is 5.91. The largest absolute Gasteiger partial charge is 0.412 e. The summed E-state index contributed by atoms with van der Waals surface area (Å²) >= 11 is 0. The van der Waals surface area contributed by atoms with Crippen LogP contribution in [0.4, 0.5) is 0 Å². The van der Waals surface area contributed by atoms with E-state index in [0.29, 0.717) is 0 Å². The van der Waals surface area contributed by atoms with Crippen molar-refractivity contribution in [2.45, 2.75) is 110 Å². The van der Waals surface area contributed by atoms with Crippen LogP contribution in [-0.4, -0.2) is 11.8 Å². The molecule has 0 aromatic carbocycles. The van der Waals surface area contributed by atoms with Crippen molar-refractivity contribution in [2.75, 3.05) is 0 Å². The highest BCUT2D eigenvalue weighted by Gasteiger charge is 1.94. The Hall–Kier alpha value is -0.370. The van der Waals surface area contributed by atoms with Crippen LogP contribution in [0.25, 0.3) is 0 Å². The summed E-state index contributed by atoms with van der Waals surface area (Å²) in [5.41, 5.74) is 0. The minimum absolute atomic E-state index is 0. The van der Waals surface area contributed by atoms with Gasteiger partial charge < -0.3 is 10.3 Å². The number of rotatable bonds is 16. The molecule has 0 aliphatic rings. The lowest BCUT2D eigenvalue weighted by Crippen LogP contribution is -1.83. The van der Waals surface area contributed by atoms with Gasteiger partial charge in [-0.2, -0.15) is 0 Å². The molecule has 0 heterocycles. The van der Waals surface area contributed by atoms with Crippen molar-refractivity contribution in [3.63, 3.8) is 0 Å². The average Bonchev–Trinajstić information content (AvgIpc) is 2.43. The van der Waals surface area contributed by atoms with E-state index in [1.807, 2.05) is 0 Å². The summed E-state index contributed by atoms with van der Waals surface area (Å²) in [6, 6.07) is 0. The third kappa shape index (κ3) is 20.0. The zero-order valence-corrected chi connectivity index (χ0v) is 13.8. The maximum atomic E-state index is 10.1. The fourth-order valence-electron chi connectivity index (χ4n) is 2.60. The lowest BCUT2D eigenvalue weighted by atomic mass is 10.0. The number of hydrogen-bond donors (Lipinski definition) is 0. The first-order chi connectivity index (χ1) is 9.41. The van der Waals surface area contributed by atoms with Crippen LogP contribution in [0, 0.1) is 0 Å². The summed E-state index contributed by atoms with van der Waals surface area (Å²) in [6.07, 6.45) is 22.6. The van der Waals surface area contributed by atoms with Crippen molar-refractivity contribution < 1.29 is 10.3 Å². The van der Waals surface area contributed by atoms with Crippen molar-refractivity contribution >= 4 is 6.29 Å². The van der Waals surface area contributed by atoms with Crippen molar-refractivity contribution in [1.82, 2.24) is 0 Å². The molecule has 0 rings (SSSR count). The molecule has 0 saturated carbocycles. The number of aldehydes is 1. The fraction of sp³-hybridized carbons (Fsp3) is 0.944. The topological polar surface area (TPSA) is 48.6 Å². The zero-order chi connectivity index (χ0) is 14.0. The molecular weight excluding hydrogens is 248 g/mol. The Labute approximate surface area is 127 Å². The van der Waals surface area contributed by atoms with Crippen LogP contribution in [0.3, 0.4) is 0 Å². The van der Waals surface area contributed by atoms with Gasteiger partial charge in [0.2, 0.25) is 0 Å².